The monoisotopic (exact) mass is 274 g/mol. The quantitative estimate of drug-likeness (QED) is 0.898. The summed E-state index contributed by atoms with van der Waals surface area (Å²) in [6, 6.07) is 5.03. The van der Waals surface area contributed by atoms with E-state index in [2.05, 4.69) is 5.32 Å². The number of anilines is 1. The second-order valence-corrected chi connectivity index (χ2v) is 5.92. The molecule has 2 rings (SSSR count). The Hall–Kier alpha value is -1.84. The minimum Gasteiger partial charge on any atom is -0.343 e. The lowest BCUT2D eigenvalue weighted by Gasteiger charge is -2.40. The summed E-state index contributed by atoms with van der Waals surface area (Å²) in [5.41, 5.74) is 3.00. The molecule has 0 spiro atoms. The minimum atomic E-state index is -0.474. The van der Waals surface area contributed by atoms with Gasteiger partial charge in [0.05, 0.1) is 0 Å². The molecule has 1 aromatic carbocycles. The molecule has 1 aliphatic heterocycles. The van der Waals surface area contributed by atoms with Crippen LogP contribution in [0.4, 0.5) is 5.69 Å². The Labute approximate surface area is 120 Å². The molecule has 2 unspecified atom stereocenters. The SMILES string of the molecule is Cc1ccc(N2C(=O)C(C)NC(=O)C2C(C)C)c(C)c1. The van der Waals surface area contributed by atoms with Crippen molar-refractivity contribution in [1.82, 2.24) is 5.32 Å². The van der Waals surface area contributed by atoms with Crippen LogP contribution in [-0.2, 0) is 9.59 Å². The number of nitrogens with one attached hydrogen (secondary N) is 1. The lowest BCUT2D eigenvalue weighted by Crippen LogP contribution is -2.64. The van der Waals surface area contributed by atoms with Gasteiger partial charge in [-0.3, -0.25) is 14.5 Å². The van der Waals surface area contributed by atoms with Crippen molar-refractivity contribution in [2.24, 2.45) is 5.92 Å². The first-order chi connectivity index (χ1) is 9.32. The maximum atomic E-state index is 12.5. The molecule has 1 N–H and O–H groups in total. The summed E-state index contributed by atoms with van der Waals surface area (Å²) in [6.45, 7) is 9.65. The third-order valence-electron chi connectivity index (χ3n) is 3.76. The van der Waals surface area contributed by atoms with Gasteiger partial charge in [0.25, 0.3) is 0 Å². The van der Waals surface area contributed by atoms with Crippen LogP contribution in [0.15, 0.2) is 18.2 Å². The number of benzene rings is 1. The van der Waals surface area contributed by atoms with E-state index in [-0.39, 0.29) is 17.7 Å². The summed E-state index contributed by atoms with van der Waals surface area (Å²) in [6.07, 6.45) is 0. The number of aryl methyl sites for hydroxylation is 2. The molecular weight excluding hydrogens is 252 g/mol. The summed E-state index contributed by atoms with van der Waals surface area (Å²) < 4.78 is 0. The number of piperazine rings is 1. The van der Waals surface area contributed by atoms with Crippen LogP contribution in [0.2, 0.25) is 0 Å². The van der Waals surface area contributed by atoms with Gasteiger partial charge in [-0.2, -0.15) is 0 Å². The molecule has 0 saturated carbocycles. The van der Waals surface area contributed by atoms with Crippen molar-refractivity contribution in [2.45, 2.75) is 46.7 Å². The average Bonchev–Trinajstić information content (AvgIpc) is 2.33. The maximum Gasteiger partial charge on any atom is 0.250 e. The molecule has 4 nitrogen and oxygen atoms in total. The standard InChI is InChI=1S/C16H22N2O2/c1-9(2)14-15(19)17-12(5)16(20)18(14)13-7-6-10(3)8-11(13)4/h6-9,12,14H,1-5H3,(H,17,19). The maximum absolute atomic E-state index is 12.5. The predicted octanol–water partition coefficient (Wildman–Crippen LogP) is 2.18. The van der Waals surface area contributed by atoms with Crippen LogP contribution in [-0.4, -0.2) is 23.9 Å². The van der Waals surface area contributed by atoms with Crippen molar-refractivity contribution in [3.8, 4) is 0 Å². The third-order valence-corrected chi connectivity index (χ3v) is 3.76. The average molecular weight is 274 g/mol. The van der Waals surface area contributed by atoms with Crippen molar-refractivity contribution >= 4 is 17.5 Å². The van der Waals surface area contributed by atoms with Gasteiger partial charge in [0.1, 0.15) is 12.1 Å². The topological polar surface area (TPSA) is 49.4 Å². The number of rotatable bonds is 2. The van der Waals surface area contributed by atoms with E-state index in [0.717, 1.165) is 16.8 Å². The van der Waals surface area contributed by atoms with Gasteiger partial charge in [-0.1, -0.05) is 31.5 Å². The molecule has 4 heteroatoms. The molecule has 2 atom stereocenters. The molecule has 1 aromatic rings. The van der Waals surface area contributed by atoms with Gasteiger partial charge in [0, 0.05) is 5.69 Å². The third kappa shape index (κ3) is 2.42. The number of carbonyl (C=O) groups excluding carboxylic acids is 2. The first-order valence-electron chi connectivity index (χ1n) is 7.03. The Morgan fingerprint density at radius 3 is 2.40 bits per heavy atom. The number of carbonyl (C=O) groups is 2. The van der Waals surface area contributed by atoms with Crippen molar-refractivity contribution in [3.05, 3.63) is 29.3 Å². The molecule has 1 heterocycles. The van der Waals surface area contributed by atoms with Crippen LogP contribution >= 0.6 is 0 Å². The molecule has 0 bridgehead atoms. The van der Waals surface area contributed by atoms with Crippen molar-refractivity contribution in [1.29, 1.82) is 0 Å². The Kier molecular flexibility index (Phi) is 3.84. The van der Waals surface area contributed by atoms with E-state index in [1.165, 1.54) is 0 Å². The Morgan fingerprint density at radius 2 is 1.85 bits per heavy atom. The van der Waals surface area contributed by atoms with Gasteiger partial charge in [-0.05, 0) is 38.3 Å². The molecule has 0 aromatic heterocycles. The number of hydrogen-bond donors (Lipinski definition) is 1. The minimum absolute atomic E-state index is 0.0461. The molecule has 1 aliphatic rings. The lowest BCUT2D eigenvalue weighted by molar-refractivity contribution is -0.134. The zero-order valence-corrected chi connectivity index (χ0v) is 12.7. The molecule has 0 radical (unpaired) electrons. The fraction of sp³-hybridized carbons (Fsp3) is 0.500. The highest BCUT2D eigenvalue weighted by Crippen LogP contribution is 2.28. The largest absolute Gasteiger partial charge is 0.343 e. The summed E-state index contributed by atoms with van der Waals surface area (Å²) in [5.74, 6) is -0.0607. The molecule has 1 fully saturated rings. The van der Waals surface area contributed by atoms with Crippen LogP contribution < -0.4 is 10.2 Å². The summed E-state index contributed by atoms with van der Waals surface area (Å²) >= 11 is 0. The van der Waals surface area contributed by atoms with E-state index in [9.17, 15) is 9.59 Å². The summed E-state index contributed by atoms with van der Waals surface area (Å²) in [7, 11) is 0. The van der Waals surface area contributed by atoms with Crippen LogP contribution in [0.25, 0.3) is 0 Å². The normalized spacial score (nSPS) is 23.2. The van der Waals surface area contributed by atoms with Crippen molar-refractivity contribution in [2.75, 3.05) is 4.90 Å². The Morgan fingerprint density at radius 1 is 1.20 bits per heavy atom. The van der Waals surface area contributed by atoms with Crippen LogP contribution in [0.5, 0.6) is 0 Å². The van der Waals surface area contributed by atoms with Gasteiger partial charge in [0.2, 0.25) is 11.8 Å². The van der Waals surface area contributed by atoms with Gasteiger partial charge < -0.3 is 5.32 Å². The first-order valence-corrected chi connectivity index (χ1v) is 7.03. The van der Waals surface area contributed by atoms with Gasteiger partial charge in [-0.15, -0.1) is 0 Å². The molecule has 20 heavy (non-hydrogen) atoms. The highest BCUT2D eigenvalue weighted by molar-refractivity contribution is 6.08. The van der Waals surface area contributed by atoms with E-state index >= 15 is 0 Å². The van der Waals surface area contributed by atoms with E-state index < -0.39 is 12.1 Å². The Bertz CT molecular complexity index is 551. The van der Waals surface area contributed by atoms with Gasteiger partial charge in [0.15, 0.2) is 0 Å². The second kappa shape index (κ2) is 5.27. The molecular formula is C16H22N2O2. The van der Waals surface area contributed by atoms with Gasteiger partial charge in [-0.25, -0.2) is 0 Å². The fourth-order valence-electron chi connectivity index (χ4n) is 2.77. The second-order valence-electron chi connectivity index (χ2n) is 5.92. The van der Waals surface area contributed by atoms with E-state index in [4.69, 9.17) is 0 Å². The van der Waals surface area contributed by atoms with Crippen LogP contribution in [0.1, 0.15) is 31.9 Å². The van der Waals surface area contributed by atoms with Gasteiger partial charge >= 0.3 is 0 Å². The molecule has 2 amide bonds. The summed E-state index contributed by atoms with van der Waals surface area (Å²) in [5, 5.41) is 2.76. The number of hydrogen-bond acceptors (Lipinski definition) is 2. The highest BCUT2D eigenvalue weighted by Gasteiger charge is 2.41. The van der Waals surface area contributed by atoms with Crippen LogP contribution in [0, 0.1) is 19.8 Å². The molecule has 108 valence electrons. The lowest BCUT2D eigenvalue weighted by atomic mass is 9.95. The summed E-state index contributed by atoms with van der Waals surface area (Å²) in [4.78, 5) is 26.5. The van der Waals surface area contributed by atoms with E-state index in [1.807, 2.05) is 45.9 Å². The first kappa shape index (κ1) is 14.6. The highest BCUT2D eigenvalue weighted by atomic mass is 16.2. The molecule has 1 saturated heterocycles. The van der Waals surface area contributed by atoms with E-state index in [1.54, 1.807) is 11.8 Å². The van der Waals surface area contributed by atoms with E-state index in [0.29, 0.717) is 0 Å². The molecule has 0 aliphatic carbocycles. The van der Waals surface area contributed by atoms with Crippen LogP contribution in [0.3, 0.4) is 0 Å². The van der Waals surface area contributed by atoms with Crippen molar-refractivity contribution in [3.63, 3.8) is 0 Å². The fourth-order valence-corrected chi connectivity index (χ4v) is 2.77. The zero-order chi connectivity index (χ0) is 15.0. The predicted molar refractivity (Wildman–Crippen MR) is 79.6 cm³/mol. The smallest absolute Gasteiger partial charge is 0.250 e. The zero-order valence-electron chi connectivity index (χ0n) is 12.7. The Balaban J connectivity index is 2.52. The number of amides is 2. The van der Waals surface area contributed by atoms with Crippen molar-refractivity contribution < 1.29 is 9.59 Å². The number of nitrogens with zero attached hydrogens (tertiary/aromatic N) is 1.